The fourth-order valence-electron chi connectivity index (χ4n) is 2.76. The first-order chi connectivity index (χ1) is 8.96. The van der Waals surface area contributed by atoms with Crippen LogP contribution in [0.15, 0.2) is 0 Å². The SMILES string of the molecule is CC1CC(C)C(F)(C(=O)O)C(NC(=O)OC(C)(C)C)C1. The second kappa shape index (κ2) is 5.58. The maximum atomic E-state index is 14.8. The molecule has 1 rings (SSSR count). The monoisotopic (exact) mass is 289 g/mol. The molecule has 0 aromatic rings. The van der Waals surface area contributed by atoms with E-state index in [0.29, 0.717) is 6.42 Å². The third-order valence-corrected chi connectivity index (χ3v) is 3.64. The molecule has 0 bridgehead atoms. The van der Waals surface area contributed by atoms with Gasteiger partial charge in [0.1, 0.15) is 5.60 Å². The highest BCUT2D eigenvalue weighted by Crippen LogP contribution is 2.40. The van der Waals surface area contributed by atoms with Crippen molar-refractivity contribution in [2.75, 3.05) is 0 Å². The van der Waals surface area contributed by atoms with Crippen LogP contribution in [0.3, 0.4) is 0 Å². The van der Waals surface area contributed by atoms with Gasteiger partial charge in [-0.05, 0) is 39.5 Å². The van der Waals surface area contributed by atoms with Crippen molar-refractivity contribution in [3.05, 3.63) is 0 Å². The van der Waals surface area contributed by atoms with Gasteiger partial charge in [0.05, 0.1) is 6.04 Å². The number of alkyl carbamates (subject to hydrolysis) is 1. The van der Waals surface area contributed by atoms with Gasteiger partial charge in [-0.1, -0.05) is 13.8 Å². The topological polar surface area (TPSA) is 75.6 Å². The molecule has 20 heavy (non-hydrogen) atoms. The second-order valence-electron chi connectivity index (χ2n) is 6.75. The van der Waals surface area contributed by atoms with E-state index in [2.05, 4.69) is 5.32 Å². The lowest BCUT2D eigenvalue weighted by Gasteiger charge is -2.42. The van der Waals surface area contributed by atoms with Gasteiger partial charge in [-0.3, -0.25) is 0 Å². The average molecular weight is 289 g/mol. The number of halogens is 1. The number of carboxylic acid groups (broad SMARTS) is 1. The molecule has 0 saturated heterocycles. The first-order valence-electron chi connectivity index (χ1n) is 6.88. The van der Waals surface area contributed by atoms with Crippen molar-refractivity contribution >= 4 is 12.1 Å². The fraction of sp³-hybridized carbons (Fsp3) is 0.857. The Bertz CT molecular complexity index is 393. The van der Waals surface area contributed by atoms with E-state index in [9.17, 15) is 19.1 Å². The zero-order chi connectivity index (χ0) is 15.7. The van der Waals surface area contributed by atoms with E-state index in [-0.39, 0.29) is 12.3 Å². The van der Waals surface area contributed by atoms with Crippen LogP contribution in [0.4, 0.5) is 9.18 Å². The van der Waals surface area contributed by atoms with Crippen LogP contribution >= 0.6 is 0 Å². The molecule has 4 atom stereocenters. The zero-order valence-corrected chi connectivity index (χ0v) is 12.7. The highest BCUT2D eigenvalue weighted by atomic mass is 19.1. The Morgan fingerprint density at radius 1 is 1.30 bits per heavy atom. The molecule has 0 aliphatic heterocycles. The van der Waals surface area contributed by atoms with Crippen LogP contribution in [-0.2, 0) is 9.53 Å². The third kappa shape index (κ3) is 3.61. The summed E-state index contributed by atoms with van der Waals surface area (Å²) in [7, 11) is 0. The zero-order valence-electron chi connectivity index (χ0n) is 12.7. The maximum absolute atomic E-state index is 14.8. The molecule has 1 aliphatic rings. The highest BCUT2D eigenvalue weighted by molar-refractivity contribution is 5.80. The lowest BCUT2D eigenvalue weighted by Crippen LogP contribution is -2.61. The normalized spacial score (nSPS) is 34.4. The first kappa shape index (κ1) is 16.7. The molecule has 1 aliphatic carbocycles. The molecule has 5 nitrogen and oxygen atoms in total. The van der Waals surface area contributed by atoms with E-state index < -0.39 is 35.3 Å². The predicted octanol–water partition coefficient (Wildman–Crippen LogP) is 2.74. The van der Waals surface area contributed by atoms with Crippen LogP contribution in [-0.4, -0.2) is 34.5 Å². The van der Waals surface area contributed by atoms with Crippen molar-refractivity contribution in [1.82, 2.24) is 5.32 Å². The molecule has 1 amide bonds. The van der Waals surface area contributed by atoms with Crippen LogP contribution in [0.25, 0.3) is 0 Å². The lowest BCUT2D eigenvalue weighted by molar-refractivity contribution is -0.161. The predicted molar refractivity (Wildman–Crippen MR) is 72.2 cm³/mol. The Morgan fingerprint density at radius 2 is 1.85 bits per heavy atom. The van der Waals surface area contributed by atoms with Gasteiger partial charge in [0.25, 0.3) is 0 Å². The molecule has 116 valence electrons. The van der Waals surface area contributed by atoms with E-state index in [4.69, 9.17) is 4.74 Å². The lowest BCUT2D eigenvalue weighted by atomic mass is 9.70. The summed E-state index contributed by atoms with van der Waals surface area (Å²) in [6.07, 6.45) is -0.0196. The van der Waals surface area contributed by atoms with E-state index in [1.807, 2.05) is 6.92 Å². The minimum absolute atomic E-state index is 0.146. The van der Waals surface area contributed by atoms with Crippen molar-refractivity contribution in [2.24, 2.45) is 11.8 Å². The fourth-order valence-corrected chi connectivity index (χ4v) is 2.76. The quantitative estimate of drug-likeness (QED) is 0.819. The molecule has 6 heteroatoms. The number of alkyl halides is 1. The van der Waals surface area contributed by atoms with Gasteiger partial charge < -0.3 is 15.2 Å². The van der Waals surface area contributed by atoms with Crippen LogP contribution < -0.4 is 5.32 Å². The van der Waals surface area contributed by atoms with Gasteiger partial charge in [-0.2, -0.15) is 0 Å². The van der Waals surface area contributed by atoms with E-state index >= 15 is 0 Å². The van der Waals surface area contributed by atoms with Gasteiger partial charge >= 0.3 is 12.1 Å². The molecule has 1 fully saturated rings. The van der Waals surface area contributed by atoms with Crippen molar-refractivity contribution in [3.8, 4) is 0 Å². The van der Waals surface area contributed by atoms with Gasteiger partial charge in [0.15, 0.2) is 0 Å². The summed E-state index contributed by atoms with van der Waals surface area (Å²) in [6, 6.07) is -1.08. The molecular formula is C14H24FNO4. The summed E-state index contributed by atoms with van der Waals surface area (Å²) >= 11 is 0. The summed E-state index contributed by atoms with van der Waals surface area (Å²) < 4.78 is 19.9. The summed E-state index contributed by atoms with van der Waals surface area (Å²) in [5.41, 5.74) is -3.17. The van der Waals surface area contributed by atoms with Gasteiger partial charge in [0.2, 0.25) is 5.67 Å². The smallest absolute Gasteiger partial charge is 0.407 e. The Hall–Kier alpha value is -1.33. The Morgan fingerprint density at radius 3 is 2.30 bits per heavy atom. The summed E-state index contributed by atoms with van der Waals surface area (Å²) in [4.78, 5) is 23.1. The molecule has 0 heterocycles. The van der Waals surface area contributed by atoms with Crippen LogP contribution in [0.5, 0.6) is 0 Å². The minimum Gasteiger partial charge on any atom is -0.479 e. The number of carbonyl (C=O) groups excluding carboxylic acids is 1. The van der Waals surface area contributed by atoms with Gasteiger partial charge in [-0.25, -0.2) is 14.0 Å². The number of hydrogen-bond donors (Lipinski definition) is 2. The maximum Gasteiger partial charge on any atom is 0.407 e. The molecule has 0 radical (unpaired) electrons. The highest BCUT2D eigenvalue weighted by Gasteiger charge is 2.55. The summed E-state index contributed by atoms with van der Waals surface area (Å²) in [5, 5.41) is 11.6. The van der Waals surface area contributed by atoms with Gasteiger partial charge in [0, 0.05) is 5.92 Å². The van der Waals surface area contributed by atoms with Crippen LogP contribution in [0, 0.1) is 11.8 Å². The molecule has 4 unspecified atom stereocenters. The van der Waals surface area contributed by atoms with Gasteiger partial charge in [-0.15, -0.1) is 0 Å². The van der Waals surface area contributed by atoms with Crippen LogP contribution in [0.1, 0.15) is 47.5 Å². The number of rotatable bonds is 2. The Balaban J connectivity index is 2.88. The molecule has 2 N–H and O–H groups in total. The Labute approximate surface area is 118 Å². The van der Waals surface area contributed by atoms with Crippen molar-refractivity contribution in [3.63, 3.8) is 0 Å². The number of hydrogen-bond acceptors (Lipinski definition) is 3. The van der Waals surface area contributed by atoms with Crippen LogP contribution in [0.2, 0.25) is 0 Å². The Kier molecular flexibility index (Phi) is 4.66. The number of aliphatic carboxylic acids is 1. The number of nitrogens with one attached hydrogen (secondary N) is 1. The second-order valence-corrected chi connectivity index (χ2v) is 6.75. The molecule has 1 saturated carbocycles. The van der Waals surface area contributed by atoms with Crippen molar-refractivity contribution < 1.29 is 23.8 Å². The molecule has 0 spiro atoms. The van der Waals surface area contributed by atoms with E-state index in [1.165, 1.54) is 0 Å². The number of ether oxygens (including phenoxy) is 1. The average Bonchev–Trinajstić information content (AvgIpc) is 2.21. The summed E-state index contributed by atoms with van der Waals surface area (Å²) in [5.74, 6) is -2.05. The van der Waals surface area contributed by atoms with E-state index in [1.54, 1.807) is 27.7 Å². The summed E-state index contributed by atoms with van der Waals surface area (Å²) in [6.45, 7) is 8.56. The molecule has 0 aromatic carbocycles. The first-order valence-corrected chi connectivity index (χ1v) is 6.88. The largest absolute Gasteiger partial charge is 0.479 e. The number of carboxylic acids is 1. The van der Waals surface area contributed by atoms with E-state index in [0.717, 1.165) is 0 Å². The third-order valence-electron chi connectivity index (χ3n) is 3.64. The molecule has 0 aromatic heterocycles. The molecular weight excluding hydrogens is 265 g/mol. The van der Waals surface area contributed by atoms with Crippen molar-refractivity contribution in [1.29, 1.82) is 0 Å². The standard InChI is InChI=1S/C14H24FNO4/c1-8-6-9(2)14(15,11(17)18)10(7-8)16-12(19)20-13(3,4)5/h8-10H,6-7H2,1-5H3,(H,16,19)(H,17,18). The van der Waals surface area contributed by atoms with Crippen molar-refractivity contribution in [2.45, 2.75) is 64.8 Å². The number of carbonyl (C=O) groups is 2. The number of amides is 1. The minimum atomic E-state index is -2.45.